The van der Waals surface area contributed by atoms with Crippen molar-refractivity contribution >= 4 is 22.6 Å². The van der Waals surface area contributed by atoms with Crippen molar-refractivity contribution < 1.29 is 4.79 Å². The van der Waals surface area contributed by atoms with E-state index < -0.39 is 0 Å². The van der Waals surface area contributed by atoms with Crippen LogP contribution in [0.25, 0.3) is 11.0 Å². The number of anilines is 1. The molecule has 0 radical (unpaired) electrons. The largest absolute Gasteiger partial charge is 0.328 e. The minimum Gasteiger partial charge on any atom is -0.328 e. The van der Waals surface area contributed by atoms with Crippen molar-refractivity contribution in [1.82, 2.24) is 9.55 Å². The predicted molar refractivity (Wildman–Crippen MR) is 89.2 cm³/mol. The SMILES string of the molecule is CC(C)n1cnc2cc(C(=O)Nc3ccc(C#N)cc3)ccc21. The Bertz CT molecular complexity index is 901. The van der Waals surface area contributed by atoms with Gasteiger partial charge in [0.15, 0.2) is 0 Å². The fourth-order valence-corrected chi connectivity index (χ4v) is 2.42. The van der Waals surface area contributed by atoms with Gasteiger partial charge in [-0.15, -0.1) is 0 Å². The third kappa shape index (κ3) is 2.92. The van der Waals surface area contributed by atoms with Crippen molar-refractivity contribution in [3.05, 3.63) is 59.9 Å². The first kappa shape index (κ1) is 14.8. The second kappa shape index (κ2) is 5.93. The maximum absolute atomic E-state index is 12.3. The Labute approximate surface area is 134 Å². The molecular weight excluding hydrogens is 288 g/mol. The highest BCUT2D eigenvalue weighted by atomic mass is 16.1. The number of nitrogens with zero attached hydrogens (tertiary/aromatic N) is 3. The summed E-state index contributed by atoms with van der Waals surface area (Å²) in [6.07, 6.45) is 1.79. The summed E-state index contributed by atoms with van der Waals surface area (Å²) in [4.78, 5) is 16.7. The maximum atomic E-state index is 12.3. The second-order valence-electron chi connectivity index (χ2n) is 5.59. The molecule has 0 aliphatic rings. The highest BCUT2D eigenvalue weighted by Gasteiger charge is 2.10. The van der Waals surface area contributed by atoms with Gasteiger partial charge in [0.25, 0.3) is 5.91 Å². The Morgan fingerprint density at radius 2 is 1.96 bits per heavy atom. The molecule has 0 saturated carbocycles. The number of imidazole rings is 1. The van der Waals surface area contributed by atoms with Gasteiger partial charge in [0.1, 0.15) is 0 Å². The number of benzene rings is 2. The summed E-state index contributed by atoms with van der Waals surface area (Å²) in [6.45, 7) is 4.18. The third-order valence-electron chi connectivity index (χ3n) is 3.67. The Hall–Kier alpha value is -3.13. The summed E-state index contributed by atoms with van der Waals surface area (Å²) in [5.41, 5.74) is 3.57. The average molecular weight is 304 g/mol. The van der Waals surface area contributed by atoms with E-state index >= 15 is 0 Å². The molecule has 114 valence electrons. The van der Waals surface area contributed by atoms with E-state index in [1.165, 1.54) is 0 Å². The maximum Gasteiger partial charge on any atom is 0.255 e. The van der Waals surface area contributed by atoms with Gasteiger partial charge in [-0.2, -0.15) is 5.26 Å². The minimum atomic E-state index is -0.198. The van der Waals surface area contributed by atoms with E-state index in [-0.39, 0.29) is 5.91 Å². The van der Waals surface area contributed by atoms with Crippen LogP contribution in [0.4, 0.5) is 5.69 Å². The number of hydrogen-bond acceptors (Lipinski definition) is 3. The first-order valence-corrected chi connectivity index (χ1v) is 7.36. The summed E-state index contributed by atoms with van der Waals surface area (Å²) in [7, 11) is 0. The van der Waals surface area contributed by atoms with Crippen LogP contribution in [0.3, 0.4) is 0 Å². The number of aromatic nitrogens is 2. The standard InChI is InChI=1S/C18H16N4O/c1-12(2)22-11-20-16-9-14(5-8-17(16)22)18(23)21-15-6-3-13(10-19)4-7-15/h3-9,11-12H,1-2H3,(H,21,23). The number of rotatable bonds is 3. The summed E-state index contributed by atoms with van der Waals surface area (Å²) >= 11 is 0. The Morgan fingerprint density at radius 3 is 2.61 bits per heavy atom. The van der Waals surface area contributed by atoms with Gasteiger partial charge in [-0.3, -0.25) is 4.79 Å². The molecule has 0 spiro atoms. The Balaban J connectivity index is 1.84. The number of nitrogens with one attached hydrogen (secondary N) is 1. The van der Waals surface area contributed by atoms with E-state index in [0.717, 1.165) is 11.0 Å². The molecule has 2 aromatic carbocycles. The van der Waals surface area contributed by atoms with Gasteiger partial charge in [0.05, 0.1) is 29.0 Å². The molecule has 0 unspecified atom stereocenters. The second-order valence-corrected chi connectivity index (χ2v) is 5.59. The monoisotopic (exact) mass is 304 g/mol. The highest BCUT2D eigenvalue weighted by Crippen LogP contribution is 2.19. The lowest BCUT2D eigenvalue weighted by molar-refractivity contribution is 0.102. The van der Waals surface area contributed by atoms with Crippen LogP contribution in [0, 0.1) is 11.3 Å². The third-order valence-corrected chi connectivity index (χ3v) is 3.67. The molecule has 0 aliphatic heterocycles. The fraction of sp³-hybridized carbons (Fsp3) is 0.167. The number of carbonyl (C=O) groups excluding carboxylic acids is 1. The molecule has 0 aliphatic carbocycles. The van der Waals surface area contributed by atoms with E-state index in [1.807, 2.05) is 12.1 Å². The minimum absolute atomic E-state index is 0.198. The zero-order valence-corrected chi connectivity index (χ0v) is 12.9. The highest BCUT2D eigenvalue weighted by molar-refractivity contribution is 6.05. The molecule has 0 atom stereocenters. The fourth-order valence-electron chi connectivity index (χ4n) is 2.42. The van der Waals surface area contributed by atoms with Crippen molar-refractivity contribution in [3.8, 4) is 6.07 Å². The van der Waals surface area contributed by atoms with Gasteiger partial charge < -0.3 is 9.88 Å². The number of nitriles is 1. The molecule has 1 amide bonds. The van der Waals surface area contributed by atoms with Gasteiger partial charge in [-0.1, -0.05) is 0 Å². The molecule has 23 heavy (non-hydrogen) atoms. The van der Waals surface area contributed by atoms with Gasteiger partial charge in [0.2, 0.25) is 0 Å². The molecule has 1 aromatic heterocycles. The quantitative estimate of drug-likeness (QED) is 0.801. The van der Waals surface area contributed by atoms with Crippen molar-refractivity contribution in [2.24, 2.45) is 0 Å². The molecule has 5 nitrogen and oxygen atoms in total. The van der Waals surface area contributed by atoms with Crippen LogP contribution in [-0.4, -0.2) is 15.5 Å². The van der Waals surface area contributed by atoms with E-state index in [1.54, 1.807) is 42.7 Å². The average Bonchev–Trinajstić information content (AvgIpc) is 2.98. The first-order valence-electron chi connectivity index (χ1n) is 7.36. The van der Waals surface area contributed by atoms with E-state index in [2.05, 4.69) is 28.7 Å². The van der Waals surface area contributed by atoms with Crippen molar-refractivity contribution in [2.45, 2.75) is 19.9 Å². The molecule has 1 heterocycles. The molecule has 5 heteroatoms. The summed E-state index contributed by atoms with van der Waals surface area (Å²) in [5, 5.41) is 11.6. The topological polar surface area (TPSA) is 70.7 Å². The Kier molecular flexibility index (Phi) is 3.82. The normalized spacial score (nSPS) is 10.7. The number of amides is 1. The summed E-state index contributed by atoms with van der Waals surface area (Å²) in [6, 6.07) is 14.6. The number of fused-ring (bicyclic) bond motifs is 1. The summed E-state index contributed by atoms with van der Waals surface area (Å²) in [5.74, 6) is -0.198. The molecular formula is C18H16N4O. The lowest BCUT2D eigenvalue weighted by atomic mass is 10.1. The van der Waals surface area contributed by atoms with Gasteiger partial charge in [-0.05, 0) is 56.3 Å². The van der Waals surface area contributed by atoms with Crippen LogP contribution in [0.5, 0.6) is 0 Å². The molecule has 0 fully saturated rings. The van der Waals surface area contributed by atoms with Crippen LogP contribution >= 0.6 is 0 Å². The molecule has 0 bridgehead atoms. The molecule has 1 N–H and O–H groups in total. The smallest absolute Gasteiger partial charge is 0.255 e. The van der Waals surface area contributed by atoms with Crippen LogP contribution in [0.1, 0.15) is 35.8 Å². The van der Waals surface area contributed by atoms with Crippen molar-refractivity contribution in [3.63, 3.8) is 0 Å². The molecule has 3 aromatic rings. The number of hydrogen-bond donors (Lipinski definition) is 1. The van der Waals surface area contributed by atoms with Crippen LogP contribution < -0.4 is 5.32 Å². The van der Waals surface area contributed by atoms with E-state index in [4.69, 9.17) is 5.26 Å². The van der Waals surface area contributed by atoms with Crippen LogP contribution in [-0.2, 0) is 0 Å². The first-order chi connectivity index (χ1) is 11.1. The van der Waals surface area contributed by atoms with E-state index in [0.29, 0.717) is 22.9 Å². The van der Waals surface area contributed by atoms with Gasteiger partial charge >= 0.3 is 0 Å². The van der Waals surface area contributed by atoms with Crippen molar-refractivity contribution in [2.75, 3.05) is 5.32 Å². The van der Waals surface area contributed by atoms with Crippen molar-refractivity contribution in [1.29, 1.82) is 5.26 Å². The van der Waals surface area contributed by atoms with Crippen LogP contribution in [0.2, 0.25) is 0 Å². The lowest BCUT2D eigenvalue weighted by Crippen LogP contribution is -2.11. The zero-order chi connectivity index (χ0) is 16.4. The van der Waals surface area contributed by atoms with Gasteiger partial charge in [-0.25, -0.2) is 4.98 Å². The van der Waals surface area contributed by atoms with Gasteiger partial charge in [0, 0.05) is 17.3 Å². The molecule has 0 saturated heterocycles. The predicted octanol–water partition coefficient (Wildman–Crippen LogP) is 3.74. The lowest BCUT2D eigenvalue weighted by Gasteiger charge is -2.08. The Morgan fingerprint density at radius 1 is 1.22 bits per heavy atom. The van der Waals surface area contributed by atoms with Crippen LogP contribution in [0.15, 0.2) is 48.8 Å². The number of carbonyl (C=O) groups is 1. The zero-order valence-electron chi connectivity index (χ0n) is 12.9. The molecule has 3 rings (SSSR count). The summed E-state index contributed by atoms with van der Waals surface area (Å²) < 4.78 is 2.07. The van der Waals surface area contributed by atoms with E-state index in [9.17, 15) is 4.79 Å².